The van der Waals surface area contributed by atoms with Crippen molar-refractivity contribution in [2.45, 2.75) is 25.3 Å². The number of aromatic nitrogens is 3. The second-order valence-electron chi connectivity index (χ2n) is 8.28. The molecule has 34 heavy (non-hydrogen) atoms. The number of fused-ring (bicyclic) bond motifs is 1. The van der Waals surface area contributed by atoms with Gasteiger partial charge in [-0.1, -0.05) is 103 Å². The maximum absolute atomic E-state index is 12.9. The van der Waals surface area contributed by atoms with Crippen LogP contribution in [0.25, 0.3) is 16.8 Å². The number of thioether (sulfide) groups is 1. The molecule has 0 atom stereocenters. The predicted octanol–water partition coefficient (Wildman–Crippen LogP) is 6.58. The van der Waals surface area contributed by atoms with Crippen LogP contribution in [0.2, 0.25) is 0 Å². The van der Waals surface area contributed by atoms with E-state index < -0.39 is 0 Å². The van der Waals surface area contributed by atoms with Crippen molar-refractivity contribution in [3.05, 3.63) is 119 Å². The zero-order valence-electron chi connectivity index (χ0n) is 19.2. The van der Waals surface area contributed by atoms with E-state index in [4.69, 9.17) is 10.1 Å². The maximum Gasteiger partial charge on any atom is 0.173 e. The summed E-state index contributed by atoms with van der Waals surface area (Å²) in [7, 11) is 0. The summed E-state index contributed by atoms with van der Waals surface area (Å²) in [6.07, 6.45) is 0.733. The standard InChI is InChI=1S/C29H25N3OS/c1-20-25(18-22-12-6-3-7-13-22)29(34-19-26(33)23-14-8-4-9-15-23)32-28(30-20)27(21(2)31-32)24-16-10-5-11-17-24/h3-17H,18-19H2,1-2H3. The van der Waals surface area contributed by atoms with Gasteiger partial charge in [-0.2, -0.15) is 5.10 Å². The fourth-order valence-electron chi connectivity index (χ4n) is 4.20. The molecule has 0 radical (unpaired) electrons. The van der Waals surface area contributed by atoms with Gasteiger partial charge in [0.2, 0.25) is 0 Å². The summed E-state index contributed by atoms with van der Waals surface area (Å²) in [5, 5.41) is 5.88. The molecule has 5 aromatic rings. The highest BCUT2D eigenvalue weighted by atomic mass is 32.2. The molecule has 3 aromatic carbocycles. The molecule has 5 rings (SSSR count). The van der Waals surface area contributed by atoms with Crippen molar-refractivity contribution in [2.24, 2.45) is 0 Å². The number of nitrogens with zero attached hydrogens (tertiary/aromatic N) is 3. The van der Waals surface area contributed by atoms with Crippen molar-refractivity contribution < 1.29 is 4.79 Å². The number of carbonyl (C=O) groups is 1. The molecule has 0 fully saturated rings. The molecule has 2 aromatic heterocycles. The van der Waals surface area contributed by atoms with Crippen molar-refractivity contribution >= 4 is 23.2 Å². The molecule has 5 heteroatoms. The lowest BCUT2D eigenvalue weighted by Crippen LogP contribution is -2.09. The van der Waals surface area contributed by atoms with Crippen molar-refractivity contribution in [1.29, 1.82) is 0 Å². The van der Waals surface area contributed by atoms with Gasteiger partial charge in [0.25, 0.3) is 0 Å². The molecule has 0 aliphatic carbocycles. The van der Waals surface area contributed by atoms with E-state index in [1.807, 2.05) is 78.2 Å². The molecule has 0 amide bonds. The van der Waals surface area contributed by atoms with E-state index in [1.165, 1.54) is 5.56 Å². The van der Waals surface area contributed by atoms with Crippen LogP contribution >= 0.6 is 11.8 Å². The second-order valence-corrected chi connectivity index (χ2v) is 9.25. The lowest BCUT2D eigenvalue weighted by Gasteiger charge is -2.14. The Labute approximate surface area is 203 Å². The summed E-state index contributed by atoms with van der Waals surface area (Å²) in [6, 6.07) is 30.1. The van der Waals surface area contributed by atoms with Crippen LogP contribution in [-0.4, -0.2) is 26.1 Å². The van der Waals surface area contributed by atoms with Gasteiger partial charge in [-0.25, -0.2) is 9.50 Å². The zero-order chi connectivity index (χ0) is 23.5. The van der Waals surface area contributed by atoms with Gasteiger partial charge in [-0.15, -0.1) is 0 Å². The molecule has 4 nitrogen and oxygen atoms in total. The molecule has 0 bridgehead atoms. The first-order valence-corrected chi connectivity index (χ1v) is 12.3. The molecule has 0 aliphatic heterocycles. The molecular weight excluding hydrogens is 438 g/mol. The van der Waals surface area contributed by atoms with Gasteiger partial charge in [0.1, 0.15) is 5.03 Å². The Morgan fingerprint density at radius 3 is 2.12 bits per heavy atom. The normalized spacial score (nSPS) is 11.1. The van der Waals surface area contributed by atoms with Crippen LogP contribution in [0.4, 0.5) is 0 Å². The number of benzene rings is 3. The minimum atomic E-state index is 0.103. The second kappa shape index (κ2) is 9.65. The first-order chi connectivity index (χ1) is 16.6. The van der Waals surface area contributed by atoms with Crippen LogP contribution in [0.1, 0.15) is 32.9 Å². The summed E-state index contributed by atoms with van der Waals surface area (Å²) in [4.78, 5) is 18.0. The Morgan fingerprint density at radius 2 is 1.44 bits per heavy atom. The van der Waals surface area contributed by atoms with Crippen LogP contribution < -0.4 is 0 Å². The Morgan fingerprint density at radius 1 is 0.824 bits per heavy atom. The van der Waals surface area contributed by atoms with Gasteiger partial charge in [-0.05, 0) is 25.0 Å². The summed E-state index contributed by atoms with van der Waals surface area (Å²) >= 11 is 1.54. The first kappa shape index (κ1) is 22.1. The molecule has 168 valence electrons. The van der Waals surface area contributed by atoms with E-state index in [1.54, 1.807) is 11.8 Å². The SMILES string of the molecule is Cc1nc2c(-c3ccccc3)c(C)nn2c(SCC(=O)c2ccccc2)c1Cc1ccccc1. The molecule has 2 heterocycles. The number of aryl methyl sites for hydroxylation is 2. The fourth-order valence-corrected chi connectivity index (χ4v) is 5.28. The van der Waals surface area contributed by atoms with Crippen molar-refractivity contribution in [2.75, 3.05) is 5.75 Å². The van der Waals surface area contributed by atoms with E-state index in [0.717, 1.165) is 50.7 Å². The molecule has 0 unspecified atom stereocenters. The fraction of sp³-hybridized carbons (Fsp3) is 0.138. The molecule has 0 saturated heterocycles. The van der Waals surface area contributed by atoms with E-state index >= 15 is 0 Å². The first-order valence-electron chi connectivity index (χ1n) is 11.3. The van der Waals surface area contributed by atoms with E-state index in [-0.39, 0.29) is 5.78 Å². The molecule has 0 spiro atoms. The highest BCUT2D eigenvalue weighted by Crippen LogP contribution is 2.34. The van der Waals surface area contributed by atoms with Crippen molar-refractivity contribution in [3.8, 4) is 11.1 Å². The average Bonchev–Trinajstić information content (AvgIpc) is 3.20. The lowest BCUT2D eigenvalue weighted by atomic mass is 10.0. The highest BCUT2D eigenvalue weighted by molar-refractivity contribution is 8.00. The number of carbonyl (C=O) groups excluding carboxylic acids is 1. The summed E-state index contributed by atoms with van der Waals surface area (Å²) in [5.41, 5.74) is 7.87. The maximum atomic E-state index is 12.9. The van der Waals surface area contributed by atoms with E-state index in [9.17, 15) is 4.79 Å². The van der Waals surface area contributed by atoms with Crippen LogP contribution in [0, 0.1) is 13.8 Å². The molecule has 0 N–H and O–H groups in total. The minimum absolute atomic E-state index is 0.103. The Balaban J connectivity index is 1.62. The van der Waals surface area contributed by atoms with Crippen LogP contribution in [0.3, 0.4) is 0 Å². The Bertz CT molecular complexity index is 1450. The topological polar surface area (TPSA) is 47.3 Å². The van der Waals surface area contributed by atoms with Crippen molar-refractivity contribution in [3.63, 3.8) is 0 Å². The van der Waals surface area contributed by atoms with E-state index in [2.05, 4.69) is 31.2 Å². The van der Waals surface area contributed by atoms with Gasteiger partial charge in [0.05, 0.1) is 11.4 Å². The molecule has 0 saturated carbocycles. The summed E-state index contributed by atoms with van der Waals surface area (Å²) in [6.45, 7) is 4.07. The minimum Gasteiger partial charge on any atom is -0.293 e. The van der Waals surface area contributed by atoms with Crippen LogP contribution in [0.15, 0.2) is 96.0 Å². The van der Waals surface area contributed by atoms with E-state index in [0.29, 0.717) is 5.75 Å². The predicted molar refractivity (Wildman–Crippen MR) is 139 cm³/mol. The summed E-state index contributed by atoms with van der Waals surface area (Å²) < 4.78 is 1.94. The zero-order valence-corrected chi connectivity index (χ0v) is 20.0. The van der Waals surface area contributed by atoms with Gasteiger partial charge < -0.3 is 0 Å². The summed E-state index contributed by atoms with van der Waals surface area (Å²) in [5.74, 6) is 0.440. The third-order valence-electron chi connectivity index (χ3n) is 5.92. The number of Topliss-reactive ketones (excluding diaryl/α,β-unsaturated/α-hetero) is 1. The smallest absolute Gasteiger partial charge is 0.173 e. The third kappa shape index (κ3) is 4.39. The Kier molecular flexibility index (Phi) is 6.28. The quantitative estimate of drug-likeness (QED) is 0.155. The number of hydrogen-bond acceptors (Lipinski definition) is 4. The van der Waals surface area contributed by atoms with Crippen LogP contribution in [0.5, 0.6) is 0 Å². The van der Waals surface area contributed by atoms with Gasteiger partial charge in [-0.3, -0.25) is 4.79 Å². The highest BCUT2D eigenvalue weighted by Gasteiger charge is 2.21. The van der Waals surface area contributed by atoms with Crippen LogP contribution in [-0.2, 0) is 6.42 Å². The number of rotatable bonds is 7. The Hall–Kier alpha value is -3.70. The third-order valence-corrected chi connectivity index (χ3v) is 7.02. The monoisotopic (exact) mass is 463 g/mol. The molecular formula is C29H25N3OS. The average molecular weight is 464 g/mol. The van der Waals surface area contributed by atoms with Gasteiger partial charge in [0.15, 0.2) is 11.4 Å². The number of ketones is 1. The van der Waals surface area contributed by atoms with Crippen molar-refractivity contribution in [1.82, 2.24) is 14.6 Å². The lowest BCUT2D eigenvalue weighted by molar-refractivity contribution is 0.102. The largest absolute Gasteiger partial charge is 0.293 e. The van der Waals surface area contributed by atoms with Gasteiger partial charge in [0, 0.05) is 28.8 Å². The molecule has 0 aliphatic rings. The van der Waals surface area contributed by atoms with Gasteiger partial charge >= 0.3 is 0 Å². The number of hydrogen-bond donors (Lipinski definition) is 0.